The van der Waals surface area contributed by atoms with E-state index in [2.05, 4.69) is 20.6 Å². The third-order valence-electron chi connectivity index (χ3n) is 2.87. The molecule has 0 aliphatic carbocycles. The predicted molar refractivity (Wildman–Crippen MR) is 86.6 cm³/mol. The molecular formula is C16H22N4O. The van der Waals surface area contributed by atoms with Gasteiger partial charge in [-0.05, 0) is 13.8 Å². The number of hydrogen-bond acceptors (Lipinski definition) is 5. The molecule has 0 amide bonds. The van der Waals surface area contributed by atoms with Gasteiger partial charge in [0, 0.05) is 25.2 Å². The molecular weight excluding hydrogens is 264 g/mol. The maximum Gasteiger partial charge on any atom is 0.163 e. The smallest absolute Gasteiger partial charge is 0.163 e. The van der Waals surface area contributed by atoms with Crippen molar-refractivity contribution in [3.63, 3.8) is 0 Å². The quantitative estimate of drug-likeness (QED) is 0.766. The van der Waals surface area contributed by atoms with Crippen LogP contribution < -0.4 is 10.6 Å². The highest BCUT2D eigenvalue weighted by Gasteiger charge is 2.06. The van der Waals surface area contributed by atoms with Gasteiger partial charge in [-0.3, -0.25) is 0 Å². The summed E-state index contributed by atoms with van der Waals surface area (Å²) in [5.41, 5.74) is 0.996. The molecule has 21 heavy (non-hydrogen) atoms. The first-order valence-electron chi connectivity index (χ1n) is 7.17. The van der Waals surface area contributed by atoms with Gasteiger partial charge in [0.05, 0.1) is 12.7 Å². The SMILES string of the molecule is CNc1cc(NCCOC(C)C)nc(-c2ccccc2)n1. The van der Waals surface area contributed by atoms with Gasteiger partial charge in [0.2, 0.25) is 0 Å². The lowest BCUT2D eigenvalue weighted by molar-refractivity contribution is 0.0870. The minimum Gasteiger partial charge on any atom is -0.377 e. The molecule has 1 aromatic carbocycles. The van der Waals surface area contributed by atoms with E-state index in [9.17, 15) is 0 Å². The Labute approximate surface area is 125 Å². The maximum absolute atomic E-state index is 5.51. The zero-order valence-electron chi connectivity index (χ0n) is 12.8. The normalized spacial score (nSPS) is 10.7. The van der Waals surface area contributed by atoms with Crippen molar-refractivity contribution in [2.45, 2.75) is 20.0 Å². The molecule has 2 N–H and O–H groups in total. The molecule has 0 radical (unpaired) electrons. The van der Waals surface area contributed by atoms with E-state index in [1.165, 1.54) is 0 Å². The number of benzene rings is 1. The Morgan fingerprint density at radius 1 is 1.10 bits per heavy atom. The van der Waals surface area contributed by atoms with Crippen LogP contribution >= 0.6 is 0 Å². The van der Waals surface area contributed by atoms with Crippen LogP contribution in [-0.4, -0.2) is 36.3 Å². The predicted octanol–water partition coefficient (Wildman–Crippen LogP) is 3.02. The minimum atomic E-state index is 0.241. The van der Waals surface area contributed by atoms with Crippen LogP contribution in [0, 0.1) is 0 Å². The number of nitrogens with zero attached hydrogens (tertiary/aromatic N) is 2. The van der Waals surface area contributed by atoms with Crippen LogP contribution in [0.3, 0.4) is 0 Å². The van der Waals surface area contributed by atoms with Gasteiger partial charge in [-0.2, -0.15) is 0 Å². The summed E-state index contributed by atoms with van der Waals surface area (Å²) in [5, 5.41) is 6.33. The summed E-state index contributed by atoms with van der Waals surface area (Å²) in [4.78, 5) is 9.04. The van der Waals surface area contributed by atoms with E-state index in [1.54, 1.807) is 0 Å². The van der Waals surface area contributed by atoms with Crippen LogP contribution in [0.4, 0.5) is 11.6 Å². The summed E-state index contributed by atoms with van der Waals surface area (Å²) in [7, 11) is 1.85. The number of ether oxygens (including phenoxy) is 1. The fourth-order valence-electron chi connectivity index (χ4n) is 1.86. The summed E-state index contributed by atoms with van der Waals surface area (Å²) in [5.74, 6) is 2.28. The molecule has 0 atom stereocenters. The Morgan fingerprint density at radius 2 is 1.81 bits per heavy atom. The van der Waals surface area contributed by atoms with Crippen molar-refractivity contribution in [3.8, 4) is 11.4 Å². The van der Waals surface area contributed by atoms with E-state index in [-0.39, 0.29) is 6.10 Å². The van der Waals surface area contributed by atoms with Crippen LogP contribution in [-0.2, 0) is 4.74 Å². The van der Waals surface area contributed by atoms with Gasteiger partial charge >= 0.3 is 0 Å². The zero-order valence-corrected chi connectivity index (χ0v) is 12.8. The van der Waals surface area contributed by atoms with E-state index in [1.807, 2.05) is 57.3 Å². The Kier molecular flexibility index (Phi) is 5.51. The van der Waals surface area contributed by atoms with E-state index in [4.69, 9.17) is 4.74 Å². The molecule has 1 heterocycles. The fourth-order valence-corrected chi connectivity index (χ4v) is 1.86. The number of nitrogens with one attached hydrogen (secondary N) is 2. The lowest BCUT2D eigenvalue weighted by atomic mass is 10.2. The van der Waals surface area contributed by atoms with Crippen LogP contribution in [0.15, 0.2) is 36.4 Å². The van der Waals surface area contributed by atoms with Gasteiger partial charge in [0.1, 0.15) is 11.6 Å². The van der Waals surface area contributed by atoms with Gasteiger partial charge < -0.3 is 15.4 Å². The fraction of sp³-hybridized carbons (Fsp3) is 0.375. The van der Waals surface area contributed by atoms with E-state index < -0.39 is 0 Å². The lowest BCUT2D eigenvalue weighted by Crippen LogP contribution is -2.14. The molecule has 112 valence electrons. The topological polar surface area (TPSA) is 59.1 Å². The third-order valence-corrected chi connectivity index (χ3v) is 2.87. The average Bonchev–Trinajstić information content (AvgIpc) is 2.52. The summed E-state index contributed by atoms with van der Waals surface area (Å²) in [6.07, 6.45) is 0.241. The molecule has 0 unspecified atom stereocenters. The van der Waals surface area contributed by atoms with Crippen molar-refractivity contribution in [2.75, 3.05) is 30.8 Å². The monoisotopic (exact) mass is 286 g/mol. The molecule has 0 bridgehead atoms. The molecule has 0 saturated heterocycles. The molecule has 5 nitrogen and oxygen atoms in total. The molecule has 2 rings (SSSR count). The Hall–Kier alpha value is -2.14. The van der Waals surface area contributed by atoms with Crippen molar-refractivity contribution < 1.29 is 4.74 Å². The maximum atomic E-state index is 5.51. The second-order valence-electron chi connectivity index (χ2n) is 4.92. The first kappa shape index (κ1) is 15.3. The number of hydrogen-bond donors (Lipinski definition) is 2. The highest BCUT2D eigenvalue weighted by atomic mass is 16.5. The first-order valence-corrected chi connectivity index (χ1v) is 7.17. The van der Waals surface area contributed by atoms with Gasteiger partial charge in [-0.25, -0.2) is 9.97 Å². The second-order valence-corrected chi connectivity index (χ2v) is 4.92. The summed E-state index contributed by atoms with van der Waals surface area (Å²) >= 11 is 0. The molecule has 0 aliphatic heterocycles. The minimum absolute atomic E-state index is 0.241. The van der Waals surface area contributed by atoms with Crippen molar-refractivity contribution >= 4 is 11.6 Å². The standard InChI is InChI=1S/C16H22N4O/c1-12(2)21-10-9-18-15-11-14(17-3)19-16(20-15)13-7-5-4-6-8-13/h4-8,11-12H,9-10H2,1-3H3,(H2,17,18,19,20). The molecule has 2 aromatic rings. The first-order chi connectivity index (χ1) is 10.2. The Morgan fingerprint density at radius 3 is 2.48 bits per heavy atom. The van der Waals surface area contributed by atoms with Crippen LogP contribution in [0.25, 0.3) is 11.4 Å². The Balaban J connectivity index is 2.11. The summed E-state index contributed by atoms with van der Waals surface area (Å²) in [6.45, 7) is 5.42. The third kappa shape index (κ3) is 4.72. The number of rotatable bonds is 7. The van der Waals surface area contributed by atoms with Gasteiger partial charge in [0.15, 0.2) is 5.82 Å². The van der Waals surface area contributed by atoms with Gasteiger partial charge in [-0.15, -0.1) is 0 Å². The van der Waals surface area contributed by atoms with Gasteiger partial charge in [-0.1, -0.05) is 30.3 Å². The largest absolute Gasteiger partial charge is 0.377 e. The average molecular weight is 286 g/mol. The molecule has 0 fully saturated rings. The van der Waals surface area contributed by atoms with E-state index in [0.717, 1.165) is 17.2 Å². The molecule has 0 aliphatic rings. The molecule has 5 heteroatoms. The molecule has 1 aromatic heterocycles. The lowest BCUT2D eigenvalue weighted by Gasteiger charge is -2.11. The highest BCUT2D eigenvalue weighted by molar-refractivity contribution is 5.61. The van der Waals surface area contributed by atoms with Crippen LogP contribution in [0.1, 0.15) is 13.8 Å². The van der Waals surface area contributed by atoms with Crippen molar-refractivity contribution in [1.82, 2.24) is 9.97 Å². The van der Waals surface area contributed by atoms with Crippen molar-refractivity contribution in [3.05, 3.63) is 36.4 Å². The number of anilines is 2. The van der Waals surface area contributed by atoms with E-state index >= 15 is 0 Å². The summed E-state index contributed by atoms with van der Waals surface area (Å²) in [6, 6.07) is 11.8. The van der Waals surface area contributed by atoms with Crippen LogP contribution in [0.2, 0.25) is 0 Å². The molecule has 0 spiro atoms. The van der Waals surface area contributed by atoms with Gasteiger partial charge in [0.25, 0.3) is 0 Å². The molecule has 0 saturated carbocycles. The highest BCUT2D eigenvalue weighted by Crippen LogP contribution is 2.19. The van der Waals surface area contributed by atoms with Crippen molar-refractivity contribution in [1.29, 1.82) is 0 Å². The van der Waals surface area contributed by atoms with E-state index in [0.29, 0.717) is 19.0 Å². The number of aromatic nitrogens is 2. The Bertz CT molecular complexity index is 557. The second kappa shape index (κ2) is 7.59. The summed E-state index contributed by atoms with van der Waals surface area (Å²) < 4.78 is 5.51. The zero-order chi connectivity index (χ0) is 15.1. The van der Waals surface area contributed by atoms with Crippen molar-refractivity contribution in [2.24, 2.45) is 0 Å². The van der Waals surface area contributed by atoms with Crippen LogP contribution in [0.5, 0.6) is 0 Å².